The van der Waals surface area contributed by atoms with Gasteiger partial charge in [-0.25, -0.2) is 28.2 Å². The van der Waals surface area contributed by atoms with Gasteiger partial charge in [0.25, 0.3) is 0 Å². The molecule has 30 heavy (non-hydrogen) atoms. The number of benzene rings is 2. The van der Waals surface area contributed by atoms with Gasteiger partial charge in [0, 0.05) is 35.9 Å². The van der Waals surface area contributed by atoms with Crippen molar-refractivity contribution in [1.82, 2.24) is 19.7 Å². The van der Waals surface area contributed by atoms with Crippen LogP contribution in [0.15, 0.2) is 73.3 Å². The monoisotopic (exact) mass is 407 g/mol. The Bertz CT molecular complexity index is 1160. The predicted molar refractivity (Wildman–Crippen MR) is 108 cm³/mol. The van der Waals surface area contributed by atoms with E-state index in [0.717, 1.165) is 17.8 Å². The van der Waals surface area contributed by atoms with Crippen LogP contribution in [0.3, 0.4) is 0 Å². The molecule has 2 aromatic heterocycles. The fourth-order valence-electron chi connectivity index (χ4n) is 2.61. The van der Waals surface area contributed by atoms with Gasteiger partial charge in [0.1, 0.15) is 23.8 Å². The molecule has 2 heterocycles. The number of nitrogens with one attached hydrogen (secondary N) is 3. The minimum Gasteiger partial charge on any atom is -0.340 e. The van der Waals surface area contributed by atoms with E-state index in [9.17, 15) is 13.6 Å². The third kappa shape index (κ3) is 4.55. The van der Waals surface area contributed by atoms with Crippen molar-refractivity contribution in [3.63, 3.8) is 0 Å². The van der Waals surface area contributed by atoms with Crippen molar-refractivity contribution in [3.8, 4) is 5.82 Å². The van der Waals surface area contributed by atoms with E-state index < -0.39 is 17.7 Å². The van der Waals surface area contributed by atoms with Gasteiger partial charge in [0.05, 0.1) is 5.69 Å². The third-order valence-corrected chi connectivity index (χ3v) is 3.99. The number of urea groups is 1. The number of carbonyl (C=O) groups is 1. The second-order valence-corrected chi connectivity index (χ2v) is 6.12. The number of rotatable bonds is 5. The average Bonchev–Trinajstić information content (AvgIpc) is 3.27. The molecule has 0 fully saturated rings. The zero-order chi connectivity index (χ0) is 20.9. The first-order valence-corrected chi connectivity index (χ1v) is 8.79. The maximum atomic E-state index is 13.6. The normalized spacial score (nSPS) is 10.5. The molecule has 0 bridgehead atoms. The molecular formula is C20H15F2N7O. The van der Waals surface area contributed by atoms with Gasteiger partial charge in [-0.1, -0.05) is 0 Å². The minimum absolute atomic E-state index is 0.121. The van der Waals surface area contributed by atoms with Crippen molar-refractivity contribution >= 4 is 28.9 Å². The summed E-state index contributed by atoms with van der Waals surface area (Å²) in [6.45, 7) is 0. The number of aromatic nitrogens is 4. The number of anilines is 4. The zero-order valence-electron chi connectivity index (χ0n) is 15.4. The van der Waals surface area contributed by atoms with Crippen molar-refractivity contribution in [3.05, 3.63) is 85.0 Å². The molecular weight excluding hydrogens is 392 g/mol. The van der Waals surface area contributed by atoms with E-state index >= 15 is 0 Å². The Hall–Kier alpha value is -4.34. The molecule has 0 aliphatic carbocycles. The van der Waals surface area contributed by atoms with Crippen molar-refractivity contribution in [2.24, 2.45) is 0 Å². The first-order valence-electron chi connectivity index (χ1n) is 8.79. The van der Waals surface area contributed by atoms with Crippen molar-refractivity contribution in [2.45, 2.75) is 0 Å². The molecule has 0 saturated heterocycles. The zero-order valence-corrected chi connectivity index (χ0v) is 15.4. The van der Waals surface area contributed by atoms with Crippen LogP contribution in [0.4, 0.5) is 36.5 Å². The van der Waals surface area contributed by atoms with Crippen LogP contribution in [0, 0.1) is 11.6 Å². The molecule has 8 nitrogen and oxygen atoms in total. The first kappa shape index (κ1) is 19.0. The number of hydrogen-bond acceptors (Lipinski definition) is 5. The van der Waals surface area contributed by atoms with E-state index in [2.05, 4.69) is 31.0 Å². The predicted octanol–water partition coefficient (Wildman–Crippen LogP) is 4.33. The summed E-state index contributed by atoms with van der Waals surface area (Å²) in [5, 5.41) is 12.2. The van der Waals surface area contributed by atoms with E-state index in [0.29, 0.717) is 23.4 Å². The molecule has 0 radical (unpaired) electrons. The average molecular weight is 407 g/mol. The molecule has 0 saturated carbocycles. The molecule has 150 valence electrons. The molecule has 4 aromatic rings. The summed E-state index contributed by atoms with van der Waals surface area (Å²) in [7, 11) is 0. The first-order chi connectivity index (χ1) is 14.6. The van der Waals surface area contributed by atoms with Crippen molar-refractivity contribution in [1.29, 1.82) is 0 Å². The van der Waals surface area contributed by atoms with E-state index in [1.807, 2.05) is 0 Å². The summed E-state index contributed by atoms with van der Waals surface area (Å²) in [5.74, 6) is -0.396. The van der Waals surface area contributed by atoms with Gasteiger partial charge in [-0.3, -0.25) is 0 Å². The Kier molecular flexibility index (Phi) is 5.29. The highest BCUT2D eigenvalue weighted by atomic mass is 19.1. The lowest BCUT2D eigenvalue weighted by Crippen LogP contribution is -2.20. The smallest absolute Gasteiger partial charge is 0.323 e. The lowest BCUT2D eigenvalue weighted by molar-refractivity contribution is 0.262. The number of amides is 2. The van der Waals surface area contributed by atoms with Crippen LogP contribution >= 0.6 is 0 Å². The minimum atomic E-state index is -0.857. The summed E-state index contributed by atoms with van der Waals surface area (Å²) in [4.78, 5) is 20.4. The number of carbonyl (C=O) groups excluding carboxylic acids is 1. The molecule has 4 rings (SSSR count). The van der Waals surface area contributed by atoms with E-state index in [1.165, 1.54) is 6.33 Å². The molecule has 0 aliphatic rings. The summed E-state index contributed by atoms with van der Waals surface area (Å²) >= 11 is 0. The maximum absolute atomic E-state index is 13.6. The van der Waals surface area contributed by atoms with Gasteiger partial charge in [-0.05, 0) is 42.5 Å². The van der Waals surface area contributed by atoms with E-state index in [-0.39, 0.29) is 5.69 Å². The molecule has 0 spiro atoms. The van der Waals surface area contributed by atoms with Crippen LogP contribution in [0.5, 0.6) is 0 Å². The lowest BCUT2D eigenvalue weighted by atomic mass is 10.2. The topological polar surface area (TPSA) is 96.8 Å². The van der Waals surface area contributed by atoms with Crippen molar-refractivity contribution in [2.75, 3.05) is 16.0 Å². The van der Waals surface area contributed by atoms with Gasteiger partial charge in [-0.2, -0.15) is 5.10 Å². The van der Waals surface area contributed by atoms with E-state index in [1.54, 1.807) is 53.5 Å². The fraction of sp³-hybridized carbons (Fsp3) is 0. The van der Waals surface area contributed by atoms with Crippen LogP contribution in [0.1, 0.15) is 0 Å². The summed E-state index contributed by atoms with van der Waals surface area (Å²) < 4.78 is 28.2. The highest BCUT2D eigenvalue weighted by molar-refractivity contribution is 5.99. The second-order valence-electron chi connectivity index (χ2n) is 6.12. The Morgan fingerprint density at radius 1 is 0.933 bits per heavy atom. The fourth-order valence-corrected chi connectivity index (χ4v) is 2.61. The summed E-state index contributed by atoms with van der Waals surface area (Å²) in [6.07, 6.45) is 4.85. The summed E-state index contributed by atoms with van der Waals surface area (Å²) in [6, 6.07) is 12.6. The van der Waals surface area contributed by atoms with Gasteiger partial charge >= 0.3 is 6.03 Å². The number of halogens is 2. The van der Waals surface area contributed by atoms with Crippen LogP contribution in [-0.2, 0) is 0 Å². The second kappa shape index (κ2) is 8.35. The highest BCUT2D eigenvalue weighted by Crippen LogP contribution is 2.19. The van der Waals surface area contributed by atoms with E-state index in [4.69, 9.17) is 0 Å². The SMILES string of the molecule is O=C(Nc1ccc(Nc2cc(-n3cccn3)ncn2)cc1)Nc1ccc(F)cc1F. The van der Waals surface area contributed by atoms with Crippen LogP contribution in [0.25, 0.3) is 5.82 Å². The highest BCUT2D eigenvalue weighted by Gasteiger charge is 2.08. The quantitative estimate of drug-likeness (QED) is 0.458. The molecule has 0 atom stereocenters. The Labute approximate surface area is 169 Å². The van der Waals surface area contributed by atoms with Crippen molar-refractivity contribution < 1.29 is 13.6 Å². The summed E-state index contributed by atoms with van der Waals surface area (Å²) in [5.41, 5.74) is 1.10. The molecule has 2 aromatic carbocycles. The van der Waals surface area contributed by atoms with Crippen LogP contribution < -0.4 is 16.0 Å². The van der Waals surface area contributed by atoms with Gasteiger partial charge in [0.2, 0.25) is 0 Å². The molecule has 10 heteroatoms. The number of hydrogen-bond donors (Lipinski definition) is 3. The number of nitrogens with zero attached hydrogens (tertiary/aromatic N) is 4. The Morgan fingerprint density at radius 2 is 1.73 bits per heavy atom. The Balaban J connectivity index is 1.38. The standard InChI is InChI=1S/C20H15F2N7O/c21-13-2-7-17(16(22)10-13)28-20(30)27-15-5-3-14(4-6-15)26-18-11-19(24-12-23-18)29-9-1-8-25-29/h1-12H,(H,23,24,26)(H2,27,28,30). The largest absolute Gasteiger partial charge is 0.340 e. The van der Waals surface area contributed by atoms with Gasteiger partial charge in [-0.15, -0.1) is 0 Å². The molecule has 2 amide bonds. The van der Waals surface area contributed by atoms with Gasteiger partial charge < -0.3 is 16.0 Å². The maximum Gasteiger partial charge on any atom is 0.323 e. The van der Waals surface area contributed by atoms with Crippen LogP contribution in [-0.4, -0.2) is 25.8 Å². The van der Waals surface area contributed by atoms with Gasteiger partial charge in [0.15, 0.2) is 5.82 Å². The molecule has 3 N–H and O–H groups in total. The lowest BCUT2D eigenvalue weighted by Gasteiger charge is -2.10. The molecule has 0 unspecified atom stereocenters. The Morgan fingerprint density at radius 3 is 2.47 bits per heavy atom. The third-order valence-electron chi connectivity index (χ3n) is 3.99. The van der Waals surface area contributed by atoms with Crippen LogP contribution in [0.2, 0.25) is 0 Å². The molecule has 0 aliphatic heterocycles.